The Balaban J connectivity index is 1.25. The largest absolute Gasteiger partial charge is 0.351 e. The fourth-order valence-electron chi connectivity index (χ4n) is 6.08. The number of halogens is 1. The molecule has 36 heavy (non-hydrogen) atoms. The molecule has 2 fully saturated rings. The average Bonchev–Trinajstić information content (AvgIpc) is 2.88. The van der Waals surface area contributed by atoms with E-state index in [0.29, 0.717) is 40.1 Å². The zero-order valence-corrected chi connectivity index (χ0v) is 21.2. The van der Waals surface area contributed by atoms with Gasteiger partial charge >= 0.3 is 0 Å². The first kappa shape index (κ1) is 23.2. The summed E-state index contributed by atoms with van der Waals surface area (Å²) in [6, 6.07) is 20.3. The minimum Gasteiger partial charge on any atom is -0.351 e. The van der Waals surface area contributed by atoms with Crippen LogP contribution in [0.4, 0.5) is 5.95 Å². The fourth-order valence-corrected chi connectivity index (χ4v) is 6.32. The molecule has 7 heteroatoms. The highest BCUT2D eigenvalue weighted by molar-refractivity contribution is 6.33. The molecule has 0 amide bonds. The van der Waals surface area contributed by atoms with Gasteiger partial charge in [-0.25, -0.2) is 4.98 Å². The third kappa shape index (κ3) is 4.40. The van der Waals surface area contributed by atoms with E-state index >= 15 is 0 Å². The molecule has 1 saturated heterocycles. The molecular weight excluding hydrogens is 470 g/mol. The lowest BCUT2D eigenvalue weighted by Gasteiger charge is -2.47. The molecule has 6 rings (SSSR count). The summed E-state index contributed by atoms with van der Waals surface area (Å²) in [4.78, 5) is 25.3. The van der Waals surface area contributed by atoms with Crippen molar-refractivity contribution in [2.24, 2.45) is 18.9 Å². The van der Waals surface area contributed by atoms with Crippen LogP contribution in [0.25, 0.3) is 22.2 Å². The van der Waals surface area contributed by atoms with E-state index in [1.165, 1.54) is 24.8 Å². The minimum absolute atomic E-state index is 0.119. The normalized spacial score (nSPS) is 22.0. The van der Waals surface area contributed by atoms with Gasteiger partial charge in [0.05, 0.1) is 0 Å². The van der Waals surface area contributed by atoms with Crippen LogP contribution in [0.2, 0.25) is 5.02 Å². The third-order valence-electron chi connectivity index (χ3n) is 7.81. The number of aryl methyl sites for hydroxylation is 1. The molecule has 2 aliphatic rings. The Morgan fingerprint density at radius 1 is 1.00 bits per heavy atom. The highest BCUT2D eigenvalue weighted by Crippen LogP contribution is 2.37. The predicted octanol–water partition coefficient (Wildman–Crippen LogP) is 5.36. The Bertz CT molecular complexity index is 1440. The van der Waals surface area contributed by atoms with E-state index in [-0.39, 0.29) is 5.56 Å². The Morgan fingerprint density at radius 3 is 2.47 bits per heavy atom. The molecule has 0 spiro atoms. The zero-order valence-electron chi connectivity index (χ0n) is 20.4. The number of piperidine rings is 1. The van der Waals surface area contributed by atoms with Crippen LogP contribution in [0, 0.1) is 11.8 Å². The summed E-state index contributed by atoms with van der Waals surface area (Å²) in [5.74, 6) is 1.72. The molecule has 1 saturated carbocycles. The number of likely N-dealkylation sites (tertiary alicyclic amines) is 1. The van der Waals surface area contributed by atoms with Crippen molar-refractivity contribution in [3.63, 3.8) is 0 Å². The average molecular weight is 500 g/mol. The number of rotatable bonds is 5. The lowest BCUT2D eigenvalue weighted by Crippen LogP contribution is -2.54. The Morgan fingerprint density at radius 2 is 1.72 bits per heavy atom. The lowest BCUT2D eigenvalue weighted by molar-refractivity contribution is 0.0667. The molecule has 1 aliphatic carbocycles. The molecule has 2 unspecified atom stereocenters. The van der Waals surface area contributed by atoms with Crippen LogP contribution in [-0.2, 0) is 13.6 Å². The monoisotopic (exact) mass is 499 g/mol. The quantitative estimate of drug-likeness (QED) is 0.400. The molecule has 2 aromatic heterocycles. The number of anilines is 1. The van der Waals surface area contributed by atoms with Gasteiger partial charge in [0.2, 0.25) is 5.95 Å². The van der Waals surface area contributed by atoms with Gasteiger partial charge in [-0.1, -0.05) is 66.6 Å². The van der Waals surface area contributed by atoms with Crippen LogP contribution < -0.4 is 10.9 Å². The number of pyridine rings is 1. The van der Waals surface area contributed by atoms with Crippen LogP contribution in [0.1, 0.15) is 24.8 Å². The van der Waals surface area contributed by atoms with E-state index in [1.54, 1.807) is 17.7 Å². The lowest BCUT2D eigenvalue weighted by atomic mass is 9.73. The first-order chi connectivity index (χ1) is 17.6. The van der Waals surface area contributed by atoms with Gasteiger partial charge in [-0.3, -0.25) is 14.3 Å². The number of fused-ring (bicyclic) bond motifs is 3. The van der Waals surface area contributed by atoms with Crippen LogP contribution in [0.3, 0.4) is 0 Å². The minimum atomic E-state index is -0.119. The van der Waals surface area contributed by atoms with Crippen LogP contribution in [0.5, 0.6) is 0 Å². The van der Waals surface area contributed by atoms with E-state index in [9.17, 15) is 4.79 Å². The smallest absolute Gasteiger partial charge is 0.259 e. The van der Waals surface area contributed by atoms with Gasteiger partial charge in [-0.05, 0) is 42.4 Å². The number of nitrogens with zero attached hydrogens (tertiary/aromatic N) is 4. The number of hydrogen-bond acceptors (Lipinski definition) is 5. The van der Waals surface area contributed by atoms with Crippen molar-refractivity contribution in [3.05, 3.63) is 87.8 Å². The molecule has 0 radical (unpaired) electrons. The van der Waals surface area contributed by atoms with Crippen LogP contribution in [-0.4, -0.2) is 38.6 Å². The van der Waals surface area contributed by atoms with Gasteiger partial charge < -0.3 is 5.32 Å². The van der Waals surface area contributed by atoms with Gasteiger partial charge in [-0.15, -0.1) is 0 Å². The summed E-state index contributed by atoms with van der Waals surface area (Å²) in [5.41, 5.74) is 3.16. The van der Waals surface area contributed by atoms with Gasteiger partial charge in [0, 0.05) is 60.5 Å². The van der Waals surface area contributed by atoms with Gasteiger partial charge in [-0.2, -0.15) is 4.98 Å². The van der Waals surface area contributed by atoms with E-state index < -0.39 is 0 Å². The first-order valence-electron chi connectivity index (χ1n) is 12.7. The Kier molecular flexibility index (Phi) is 6.23. The van der Waals surface area contributed by atoms with E-state index in [1.807, 2.05) is 30.5 Å². The van der Waals surface area contributed by atoms with Crippen LogP contribution >= 0.6 is 11.6 Å². The zero-order chi connectivity index (χ0) is 24.6. The molecule has 4 aromatic rings. The first-order valence-corrected chi connectivity index (χ1v) is 13.1. The molecule has 1 N–H and O–H groups in total. The van der Waals surface area contributed by atoms with Gasteiger partial charge in [0.15, 0.2) is 0 Å². The molecule has 184 valence electrons. The van der Waals surface area contributed by atoms with Crippen molar-refractivity contribution in [1.82, 2.24) is 19.4 Å². The summed E-state index contributed by atoms with van der Waals surface area (Å²) in [6.07, 6.45) is 5.52. The SMILES string of the molecule is Cn1c(=O)c(-c2ccccc2Cl)cc2cnc(NC3C4CCCC3CN(Cc3ccccc3)C4)nc21. The Hall–Kier alpha value is -3.22. The molecule has 2 bridgehead atoms. The van der Waals surface area contributed by atoms with Gasteiger partial charge in [0.25, 0.3) is 5.56 Å². The maximum absolute atomic E-state index is 13.2. The van der Waals surface area contributed by atoms with E-state index in [2.05, 4.69) is 45.5 Å². The van der Waals surface area contributed by atoms with Crippen molar-refractivity contribution >= 4 is 28.6 Å². The summed E-state index contributed by atoms with van der Waals surface area (Å²) in [6.45, 7) is 3.16. The number of aromatic nitrogens is 3. The number of nitrogens with one attached hydrogen (secondary N) is 1. The predicted molar refractivity (Wildman–Crippen MR) is 145 cm³/mol. The third-order valence-corrected chi connectivity index (χ3v) is 8.14. The summed E-state index contributed by atoms with van der Waals surface area (Å²) >= 11 is 6.38. The van der Waals surface area contributed by atoms with Crippen molar-refractivity contribution in [1.29, 1.82) is 0 Å². The van der Waals surface area contributed by atoms with Crippen molar-refractivity contribution in [3.8, 4) is 11.1 Å². The van der Waals surface area contributed by atoms with E-state index in [0.717, 1.165) is 30.6 Å². The topological polar surface area (TPSA) is 63.1 Å². The summed E-state index contributed by atoms with van der Waals surface area (Å²) in [5, 5.41) is 5.05. The highest BCUT2D eigenvalue weighted by Gasteiger charge is 2.39. The highest BCUT2D eigenvalue weighted by atomic mass is 35.5. The molecule has 2 aromatic carbocycles. The standard InChI is InChI=1S/C29H30ClN5O/c1-34-27-22(14-24(28(34)36)23-12-5-6-13-25(23)30)15-31-29(33-27)32-26-20-10-7-11-21(26)18-35(17-20)16-19-8-3-2-4-9-19/h2-6,8-9,12-15,20-21,26H,7,10-11,16-18H2,1H3,(H,31,32,33). The molecule has 2 atom stereocenters. The molecular formula is C29H30ClN5O. The summed E-state index contributed by atoms with van der Waals surface area (Å²) in [7, 11) is 1.76. The fraction of sp³-hybridized carbons (Fsp3) is 0.345. The van der Waals surface area contributed by atoms with Crippen LogP contribution in [0.15, 0.2) is 71.7 Å². The second-order valence-electron chi connectivity index (χ2n) is 10.2. The maximum atomic E-state index is 13.2. The maximum Gasteiger partial charge on any atom is 0.259 e. The molecule has 6 nitrogen and oxygen atoms in total. The van der Waals surface area contributed by atoms with Crippen molar-refractivity contribution in [2.75, 3.05) is 18.4 Å². The van der Waals surface area contributed by atoms with Crippen molar-refractivity contribution in [2.45, 2.75) is 31.8 Å². The van der Waals surface area contributed by atoms with E-state index in [4.69, 9.17) is 16.6 Å². The molecule has 3 heterocycles. The second kappa shape index (κ2) is 9.68. The second-order valence-corrected chi connectivity index (χ2v) is 10.6. The Labute approximate surface area is 216 Å². The molecule has 1 aliphatic heterocycles. The number of benzene rings is 2. The summed E-state index contributed by atoms with van der Waals surface area (Å²) < 4.78 is 1.60. The number of hydrogen-bond donors (Lipinski definition) is 1. The van der Waals surface area contributed by atoms with Crippen molar-refractivity contribution < 1.29 is 0 Å². The van der Waals surface area contributed by atoms with Gasteiger partial charge in [0.1, 0.15) is 5.65 Å².